The maximum Gasteiger partial charge on any atom is 0.269 e. The van der Waals surface area contributed by atoms with Crippen molar-refractivity contribution in [2.45, 2.75) is 17.7 Å². The Balaban J connectivity index is 1.65. The summed E-state index contributed by atoms with van der Waals surface area (Å²) >= 11 is 1.17. The normalized spacial score (nSPS) is 16.1. The second-order valence-corrected chi connectivity index (χ2v) is 9.05. The molecule has 1 aliphatic heterocycles. The molecule has 25 heavy (non-hydrogen) atoms. The monoisotopic (exact) mass is 384 g/mol. The fourth-order valence-corrected chi connectivity index (χ4v) is 5.44. The number of carbonyl (C=O) groups is 1. The van der Waals surface area contributed by atoms with Crippen LogP contribution in [0.1, 0.15) is 21.1 Å². The van der Waals surface area contributed by atoms with Crippen LogP contribution in [0.15, 0.2) is 22.4 Å². The van der Waals surface area contributed by atoms with Crippen molar-refractivity contribution in [3.05, 3.63) is 34.5 Å². The van der Waals surface area contributed by atoms with Crippen molar-refractivity contribution in [1.29, 1.82) is 0 Å². The summed E-state index contributed by atoms with van der Waals surface area (Å²) in [6.45, 7) is 3.65. The summed E-state index contributed by atoms with van der Waals surface area (Å²) in [6.07, 6.45) is 0. The molecule has 0 spiro atoms. The van der Waals surface area contributed by atoms with Crippen molar-refractivity contribution in [1.82, 2.24) is 19.4 Å². The van der Waals surface area contributed by atoms with Gasteiger partial charge in [-0.1, -0.05) is 0 Å². The number of nitrogens with one attached hydrogen (secondary N) is 1. The molecular weight excluding hydrogens is 364 g/mol. The number of nitrogens with zero attached hydrogens (tertiary/aromatic N) is 3. The molecular formula is C15H20N4O4S2. The third-order valence-corrected chi connectivity index (χ3v) is 7.31. The fourth-order valence-electron chi connectivity index (χ4n) is 2.59. The average Bonchev–Trinajstić information content (AvgIpc) is 3.20. The molecule has 0 unspecified atom stereocenters. The number of carbonyl (C=O) groups excluding carboxylic acids is 1. The Hall–Kier alpha value is -1.75. The zero-order valence-corrected chi connectivity index (χ0v) is 15.7. The van der Waals surface area contributed by atoms with E-state index in [1.54, 1.807) is 25.2 Å². The summed E-state index contributed by atoms with van der Waals surface area (Å²) in [5, 5.41) is 6.93. The molecule has 3 heterocycles. The SMILES string of the molecule is Cc1cc(C(=O)NCc2ccc(S(=O)(=O)N3CCOCC3)s2)n(C)n1. The number of morpholine rings is 1. The summed E-state index contributed by atoms with van der Waals surface area (Å²) in [5.41, 5.74) is 1.23. The summed E-state index contributed by atoms with van der Waals surface area (Å²) in [5.74, 6) is -0.242. The first-order valence-corrected chi connectivity index (χ1v) is 10.1. The predicted octanol–water partition coefficient (Wildman–Crippen LogP) is 0.741. The Labute approximate surface area is 150 Å². The van der Waals surface area contributed by atoms with Crippen molar-refractivity contribution >= 4 is 27.3 Å². The van der Waals surface area contributed by atoms with Crippen LogP contribution >= 0.6 is 11.3 Å². The van der Waals surface area contributed by atoms with Gasteiger partial charge in [-0.25, -0.2) is 8.42 Å². The largest absolute Gasteiger partial charge is 0.379 e. The molecule has 1 saturated heterocycles. The lowest BCUT2D eigenvalue weighted by molar-refractivity contribution is 0.0731. The molecule has 2 aromatic heterocycles. The molecule has 10 heteroatoms. The van der Waals surface area contributed by atoms with Crippen LogP contribution in [0.2, 0.25) is 0 Å². The van der Waals surface area contributed by atoms with E-state index in [9.17, 15) is 13.2 Å². The molecule has 136 valence electrons. The minimum Gasteiger partial charge on any atom is -0.379 e. The predicted molar refractivity (Wildman–Crippen MR) is 93.0 cm³/mol. The van der Waals surface area contributed by atoms with Crippen molar-refractivity contribution in [3.8, 4) is 0 Å². The number of hydrogen-bond donors (Lipinski definition) is 1. The minimum absolute atomic E-state index is 0.242. The average molecular weight is 384 g/mol. The summed E-state index contributed by atoms with van der Waals surface area (Å²) < 4.78 is 33.6. The molecule has 0 atom stereocenters. The van der Waals surface area contributed by atoms with Gasteiger partial charge in [-0.2, -0.15) is 9.40 Å². The summed E-state index contributed by atoms with van der Waals surface area (Å²) in [7, 11) is -1.78. The van der Waals surface area contributed by atoms with E-state index in [4.69, 9.17) is 4.74 Å². The van der Waals surface area contributed by atoms with Gasteiger partial charge in [-0.15, -0.1) is 11.3 Å². The van der Waals surface area contributed by atoms with Gasteiger partial charge in [-0.3, -0.25) is 9.48 Å². The Morgan fingerprint density at radius 2 is 2.08 bits per heavy atom. The van der Waals surface area contributed by atoms with Gasteiger partial charge in [0, 0.05) is 25.0 Å². The van der Waals surface area contributed by atoms with Crippen LogP contribution in [0, 0.1) is 6.92 Å². The molecule has 1 amide bonds. The molecule has 2 aromatic rings. The molecule has 3 rings (SSSR count). The molecule has 0 saturated carbocycles. The number of ether oxygens (including phenoxy) is 1. The summed E-state index contributed by atoms with van der Waals surface area (Å²) in [4.78, 5) is 13.0. The maximum atomic E-state index is 12.6. The number of amides is 1. The Bertz CT molecular complexity index is 866. The number of aromatic nitrogens is 2. The lowest BCUT2D eigenvalue weighted by Gasteiger charge is -2.25. The number of rotatable bonds is 5. The Morgan fingerprint density at radius 3 is 2.72 bits per heavy atom. The van der Waals surface area contributed by atoms with Crippen LogP contribution in [0.25, 0.3) is 0 Å². The quantitative estimate of drug-likeness (QED) is 0.821. The van der Waals surface area contributed by atoms with E-state index < -0.39 is 10.0 Å². The number of sulfonamides is 1. The van der Waals surface area contributed by atoms with E-state index >= 15 is 0 Å². The van der Waals surface area contributed by atoms with Crippen LogP contribution in [0.4, 0.5) is 0 Å². The van der Waals surface area contributed by atoms with Crippen LogP contribution in [-0.4, -0.2) is 54.7 Å². The molecule has 1 fully saturated rings. The van der Waals surface area contributed by atoms with Gasteiger partial charge < -0.3 is 10.1 Å². The second-order valence-electron chi connectivity index (χ2n) is 5.71. The van der Waals surface area contributed by atoms with Gasteiger partial charge in [0.25, 0.3) is 15.9 Å². The van der Waals surface area contributed by atoms with Gasteiger partial charge in [0.1, 0.15) is 9.90 Å². The smallest absolute Gasteiger partial charge is 0.269 e. The molecule has 0 bridgehead atoms. The molecule has 8 nitrogen and oxygen atoms in total. The highest BCUT2D eigenvalue weighted by molar-refractivity contribution is 7.91. The van der Waals surface area contributed by atoms with Crippen LogP contribution in [-0.2, 0) is 28.4 Å². The van der Waals surface area contributed by atoms with E-state index in [0.717, 1.165) is 10.6 Å². The third-order valence-electron chi connectivity index (χ3n) is 3.86. The number of thiophene rings is 1. The van der Waals surface area contributed by atoms with Crippen molar-refractivity contribution in [2.75, 3.05) is 26.3 Å². The first-order chi connectivity index (χ1) is 11.9. The van der Waals surface area contributed by atoms with Gasteiger partial charge in [0.05, 0.1) is 25.5 Å². The molecule has 0 aromatic carbocycles. The van der Waals surface area contributed by atoms with Gasteiger partial charge in [-0.05, 0) is 25.1 Å². The highest BCUT2D eigenvalue weighted by Gasteiger charge is 2.27. The topological polar surface area (TPSA) is 93.5 Å². The number of aryl methyl sites for hydroxylation is 2. The van der Waals surface area contributed by atoms with E-state index in [2.05, 4.69) is 10.4 Å². The lowest BCUT2D eigenvalue weighted by Crippen LogP contribution is -2.40. The van der Waals surface area contributed by atoms with Crippen LogP contribution < -0.4 is 5.32 Å². The lowest BCUT2D eigenvalue weighted by atomic mass is 10.3. The zero-order chi connectivity index (χ0) is 18.0. The molecule has 0 aliphatic carbocycles. The minimum atomic E-state index is -3.49. The maximum absolute atomic E-state index is 12.6. The van der Waals surface area contributed by atoms with Crippen LogP contribution in [0.3, 0.4) is 0 Å². The van der Waals surface area contributed by atoms with Crippen molar-refractivity contribution < 1.29 is 17.9 Å². The van der Waals surface area contributed by atoms with E-state index in [0.29, 0.717) is 32.0 Å². The highest BCUT2D eigenvalue weighted by Crippen LogP contribution is 2.25. The van der Waals surface area contributed by atoms with Crippen molar-refractivity contribution in [2.24, 2.45) is 7.05 Å². The van der Waals surface area contributed by atoms with Gasteiger partial charge >= 0.3 is 0 Å². The Morgan fingerprint density at radius 1 is 1.36 bits per heavy atom. The Kier molecular flexibility index (Phi) is 5.23. The fraction of sp³-hybridized carbons (Fsp3) is 0.467. The first kappa shape index (κ1) is 18.1. The van der Waals surface area contributed by atoms with Crippen molar-refractivity contribution in [3.63, 3.8) is 0 Å². The summed E-state index contributed by atoms with van der Waals surface area (Å²) in [6, 6.07) is 5.02. The van der Waals surface area contributed by atoms with Gasteiger partial charge in [0.2, 0.25) is 0 Å². The molecule has 1 N–H and O–H groups in total. The second kappa shape index (κ2) is 7.24. The van der Waals surface area contributed by atoms with E-state index in [1.807, 2.05) is 6.92 Å². The zero-order valence-electron chi connectivity index (χ0n) is 14.1. The molecule has 0 radical (unpaired) electrons. The van der Waals surface area contributed by atoms with E-state index in [1.165, 1.54) is 20.3 Å². The third kappa shape index (κ3) is 3.92. The molecule has 1 aliphatic rings. The van der Waals surface area contributed by atoms with E-state index in [-0.39, 0.29) is 16.7 Å². The number of hydrogen-bond acceptors (Lipinski definition) is 6. The van der Waals surface area contributed by atoms with Crippen LogP contribution in [0.5, 0.6) is 0 Å². The first-order valence-electron chi connectivity index (χ1n) is 7.83. The highest BCUT2D eigenvalue weighted by atomic mass is 32.2. The standard InChI is InChI=1S/C15H20N4O4S2/c1-11-9-13(18(2)17-11)15(20)16-10-12-3-4-14(24-12)25(21,22)19-5-7-23-8-6-19/h3-4,9H,5-8,10H2,1-2H3,(H,16,20). The van der Waals surface area contributed by atoms with Gasteiger partial charge in [0.15, 0.2) is 0 Å².